The largest absolute Gasteiger partial charge is 0.394 e. The zero-order valence-corrected chi connectivity index (χ0v) is 41.1. The first-order chi connectivity index (χ1) is 29.5. The molecule has 0 radical (unpaired) electrons. The van der Waals surface area contributed by atoms with Crippen molar-refractivity contribution in [3.05, 3.63) is 0 Å². The van der Waals surface area contributed by atoms with Crippen LogP contribution < -0.4 is 5.32 Å². The summed E-state index contributed by atoms with van der Waals surface area (Å²) in [6.45, 7) is 4.31. The van der Waals surface area contributed by atoms with Crippen LogP contribution in [0.1, 0.15) is 322 Å². The molecule has 0 aromatic heterocycles. The van der Waals surface area contributed by atoms with Crippen molar-refractivity contribution >= 4 is 5.91 Å². The van der Waals surface area contributed by atoms with Crippen molar-refractivity contribution in [3.8, 4) is 0 Å². The van der Waals surface area contributed by atoms with Crippen LogP contribution in [-0.4, -0.2) is 46.1 Å². The molecular weight excluding hydrogens is 739 g/mol. The van der Waals surface area contributed by atoms with Gasteiger partial charge >= 0.3 is 0 Å². The van der Waals surface area contributed by atoms with E-state index in [2.05, 4.69) is 19.2 Å². The van der Waals surface area contributed by atoms with Gasteiger partial charge in [0.25, 0.3) is 0 Å². The van der Waals surface area contributed by atoms with Crippen LogP contribution in [0.2, 0.25) is 0 Å². The SMILES string of the molecule is CCCCCCCCCCCCCCCCCCCCCCCCCCCCC(O)CC(=O)NC(CO)C(O)CCCCCCCCCCCCCCCCCCCCC. The van der Waals surface area contributed by atoms with Crippen molar-refractivity contribution < 1.29 is 20.1 Å². The fraction of sp³-hybridized carbons (Fsp3) is 0.982. The van der Waals surface area contributed by atoms with E-state index in [1.165, 1.54) is 263 Å². The van der Waals surface area contributed by atoms with E-state index in [-0.39, 0.29) is 18.9 Å². The summed E-state index contributed by atoms with van der Waals surface area (Å²) in [5.74, 6) is -0.274. The molecule has 4 N–H and O–H groups in total. The van der Waals surface area contributed by atoms with Crippen molar-refractivity contribution in [2.24, 2.45) is 0 Å². The zero-order valence-electron chi connectivity index (χ0n) is 41.1. The van der Waals surface area contributed by atoms with E-state index < -0.39 is 18.2 Å². The van der Waals surface area contributed by atoms with Gasteiger partial charge in [-0.15, -0.1) is 0 Å². The molecule has 5 heteroatoms. The quantitative estimate of drug-likeness (QED) is 0.0459. The van der Waals surface area contributed by atoms with Gasteiger partial charge in [-0.05, 0) is 12.8 Å². The van der Waals surface area contributed by atoms with Gasteiger partial charge in [-0.25, -0.2) is 0 Å². The van der Waals surface area contributed by atoms with Crippen molar-refractivity contribution in [3.63, 3.8) is 0 Å². The lowest BCUT2D eigenvalue weighted by Crippen LogP contribution is -2.46. The topological polar surface area (TPSA) is 89.8 Å². The molecule has 0 heterocycles. The maximum atomic E-state index is 12.5. The molecule has 360 valence electrons. The fourth-order valence-electron chi connectivity index (χ4n) is 9.17. The van der Waals surface area contributed by atoms with Crippen molar-refractivity contribution in [1.82, 2.24) is 5.32 Å². The minimum Gasteiger partial charge on any atom is -0.394 e. The molecule has 0 rings (SSSR count). The van der Waals surface area contributed by atoms with Crippen LogP contribution in [0.15, 0.2) is 0 Å². The van der Waals surface area contributed by atoms with Crippen LogP contribution in [0.25, 0.3) is 0 Å². The Bertz CT molecular complexity index is 807. The summed E-state index contributed by atoms with van der Waals surface area (Å²) in [7, 11) is 0. The Morgan fingerprint density at radius 2 is 0.567 bits per heavy atom. The Morgan fingerprint density at radius 3 is 0.800 bits per heavy atom. The zero-order chi connectivity index (χ0) is 43.7. The van der Waals surface area contributed by atoms with Crippen molar-refractivity contribution in [2.75, 3.05) is 6.61 Å². The van der Waals surface area contributed by atoms with Gasteiger partial charge in [0.15, 0.2) is 0 Å². The molecule has 3 atom stereocenters. The third-order valence-electron chi connectivity index (χ3n) is 13.4. The van der Waals surface area contributed by atoms with Crippen LogP contribution in [0, 0.1) is 0 Å². The van der Waals surface area contributed by atoms with Gasteiger partial charge in [0, 0.05) is 0 Å². The Labute approximate surface area is 377 Å². The van der Waals surface area contributed by atoms with Crippen LogP contribution in [0.5, 0.6) is 0 Å². The lowest BCUT2D eigenvalue weighted by molar-refractivity contribution is -0.125. The number of aliphatic hydroxyl groups is 3. The Hall–Kier alpha value is -0.650. The second-order valence-electron chi connectivity index (χ2n) is 19.6. The lowest BCUT2D eigenvalue weighted by Gasteiger charge is -2.23. The predicted molar refractivity (Wildman–Crippen MR) is 264 cm³/mol. The van der Waals surface area contributed by atoms with Crippen LogP contribution in [-0.2, 0) is 4.79 Å². The summed E-state index contributed by atoms with van der Waals surface area (Å²) in [6, 6.07) is -0.654. The average molecular weight is 850 g/mol. The first kappa shape index (κ1) is 59.4. The van der Waals surface area contributed by atoms with Gasteiger partial charge in [0.05, 0.1) is 31.3 Å². The Balaban J connectivity index is 3.48. The molecular formula is C55H111NO4. The van der Waals surface area contributed by atoms with E-state index in [0.717, 1.165) is 25.7 Å². The molecule has 0 bridgehead atoms. The molecule has 0 aliphatic rings. The number of amides is 1. The third kappa shape index (κ3) is 46.8. The van der Waals surface area contributed by atoms with Gasteiger partial charge in [0.1, 0.15) is 0 Å². The van der Waals surface area contributed by atoms with E-state index in [1.54, 1.807) is 0 Å². The van der Waals surface area contributed by atoms with E-state index in [4.69, 9.17) is 0 Å². The minimum absolute atomic E-state index is 0.0436. The molecule has 0 saturated carbocycles. The van der Waals surface area contributed by atoms with Crippen molar-refractivity contribution in [1.29, 1.82) is 0 Å². The molecule has 60 heavy (non-hydrogen) atoms. The van der Waals surface area contributed by atoms with Crippen LogP contribution in [0.3, 0.4) is 0 Å². The summed E-state index contributed by atoms with van der Waals surface area (Å²) >= 11 is 0. The molecule has 0 aliphatic carbocycles. The van der Waals surface area contributed by atoms with E-state index >= 15 is 0 Å². The first-order valence-corrected chi connectivity index (χ1v) is 27.8. The summed E-state index contributed by atoms with van der Waals surface area (Å²) in [4.78, 5) is 12.5. The van der Waals surface area contributed by atoms with E-state index in [1.807, 2.05) is 0 Å². The number of nitrogens with one attached hydrogen (secondary N) is 1. The minimum atomic E-state index is -0.745. The summed E-state index contributed by atoms with van der Waals surface area (Å²) in [5, 5.41) is 33.6. The van der Waals surface area contributed by atoms with Gasteiger partial charge < -0.3 is 20.6 Å². The molecule has 3 unspecified atom stereocenters. The smallest absolute Gasteiger partial charge is 0.222 e. The molecule has 0 saturated heterocycles. The molecule has 0 aromatic rings. The number of hydrogen-bond donors (Lipinski definition) is 4. The number of unbranched alkanes of at least 4 members (excludes halogenated alkanes) is 43. The number of aliphatic hydroxyl groups excluding tert-OH is 3. The highest BCUT2D eigenvalue weighted by atomic mass is 16.3. The molecule has 0 spiro atoms. The molecule has 0 fully saturated rings. The standard InChI is InChI=1S/C55H111NO4/c1-3-5-7-9-11-13-15-17-19-21-23-24-25-26-27-28-29-31-32-34-36-38-40-42-44-46-48-52(58)50-55(60)56-53(51-57)54(59)49-47-45-43-41-39-37-35-33-30-22-20-18-16-14-12-10-8-6-4-2/h52-54,57-59H,3-51H2,1-2H3,(H,56,60). The second-order valence-corrected chi connectivity index (χ2v) is 19.6. The number of rotatable bonds is 52. The second kappa shape index (κ2) is 51.0. The summed E-state index contributed by atoms with van der Waals surface area (Å²) < 4.78 is 0. The lowest BCUT2D eigenvalue weighted by atomic mass is 10.0. The number of carbonyl (C=O) groups excluding carboxylic acids is 1. The van der Waals surface area contributed by atoms with Crippen LogP contribution in [0.4, 0.5) is 0 Å². The van der Waals surface area contributed by atoms with Gasteiger partial charge in [-0.2, -0.15) is 0 Å². The van der Waals surface area contributed by atoms with Crippen LogP contribution >= 0.6 is 0 Å². The predicted octanol–water partition coefficient (Wildman–Crippen LogP) is 16.9. The summed E-state index contributed by atoms with van der Waals surface area (Å²) in [6.07, 6.45) is 61.1. The fourth-order valence-corrected chi connectivity index (χ4v) is 9.17. The van der Waals surface area contributed by atoms with Gasteiger partial charge in [-0.1, -0.05) is 303 Å². The highest BCUT2D eigenvalue weighted by Crippen LogP contribution is 2.18. The van der Waals surface area contributed by atoms with Gasteiger partial charge in [-0.3, -0.25) is 4.79 Å². The highest BCUT2D eigenvalue weighted by molar-refractivity contribution is 5.76. The maximum absolute atomic E-state index is 12.5. The molecule has 5 nitrogen and oxygen atoms in total. The van der Waals surface area contributed by atoms with Crippen molar-refractivity contribution in [2.45, 2.75) is 340 Å². The Morgan fingerprint density at radius 1 is 0.350 bits per heavy atom. The first-order valence-electron chi connectivity index (χ1n) is 27.8. The average Bonchev–Trinajstić information content (AvgIpc) is 3.24. The van der Waals surface area contributed by atoms with E-state index in [9.17, 15) is 20.1 Å². The number of hydrogen-bond acceptors (Lipinski definition) is 4. The molecule has 0 aromatic carbocycles. The normalized spacial score (nSPS) is 13.2. The van der Waals surface area contributed by atoms with Gasteiger partial charge in [0.2, 0.25) is 5.91 Å². The van der Waals surface area contributed by atoms with E-state index in [0.29, 0.717) is 12.8 Å². The summed E-state index contributed by atoms with van der Waals surface area (Å²) in [5.41, 5.74) is 0. The highest BCUT2D eigenvalue weighted by Gasteiger charge is 2.21. The number of carbonyl (C=O) groups is 1. The monoisotopic (exact) mass is 850 g/mol. The maximum Gasteiger partial charge on any atom is 0.222 e. The molecule has 1 amide bonds. The molecule has 0 aliphatic heterocycles. The third-order valence-corrected chi connectivity index (χ3v) is 13.4. The Kier molecular flexibility index (Phi) is 50.4.